The van der Waals surface area contributed by atoms with E-state index in [-0.39, 0.29) is 0 Å². The molecule has 0 radical (unpaired) electrons. The molecule has 0 amide bonds. The van der Waals surface area contributed by atoms with Gasteiger partial charge in [-0.2, -0.15) is 0 Å². The van der Waals surface area contributed by atoms with Crippen LogP contribution in [0.1, 0.15) is 26.7 Å². The van der Waals surface area contributed by atoms with E-state index in [1.807, 2.05) is 0 Å². The summed E-state index contributed by atoms with van der Waals surface area (Å²) in [6.07, 6.45) is 1.80. The minimum Gasteiger partial charge on any atom is -0.317 e. The second-order valence-corrected chi connectivity index (χ2v) is 4.33. The molecule has 1 rings (SSSR count). The molecule has 0 aliphatic carbocycles. The van der Waals surface area contributed by atoms with Crippen molar-refractivity contribution in [3.05, 3.63) is 0 Å². The van der Waals surface area contributed by atoms with E-state index in [4.69, 9.17) is 0 Å². The smallest absolute Gasteiger partial charge is 0.110 e. The molecular weight excluding hydrogens is 179 g/mol. The van der Waals surface area contributed by atoms with Crippen molar-refractivity contribution in [2.24, 2.45) is 5.92 Å². The summed E-state index contributed by atoms with van der Waals surface area (Å²) in [6, 6.07) is 0. The van der Waals surface area contributed by atoms with Crippen molar-refractivity contribution in [3.8, 4) is 0 Å². The van der Waals surface area contributed by atoms with Gasteiger partial charge in [-0.1, -0.05) is 6.92 Å². The average molecular weight is 202 g/mol. The summed E-state index contributed by atoms with van der Waals surface area (Å²) in [4.78, 5) is 2.24. The first kappa shape index (κ1) is 11.9. The lowest BCUT2D eigenvalue weighted by molar-refractivity contribution is 0.170. The molecule has 1 aliphatic rings. The lowest BCUT2D eigenvalue weighted by atomic mass is 9.97. The number of alkyl halides is 1. The van der Waals surface area contributed by atoms with E-state index < -0.39 is 6.17 Å². The average Bonchev–Trinajstić information content (AvgIpc) is 2.17. The van der Waals surface area contributed by atoms with Crippen LogP contribution < -0.4 is 5.32 Å². The van der Waals surface area contributed by atoms with Gasteiger partial charge in [0.1, 0.15) is 6.17 Å². The minimum atomic E-state index is -0.698. The van der Waals surface area contributed by atoms with Crippen LogP contribution in [0, 0.1) is 5.92 Å². The van der Waals surface area contributed by atoms with E-state index in [2.05, 4.69) is 17.1 Å². The quantitative estimate of drug-likeness (QED) is 0.729. The Morgan fingerprint density at radius 1 is 1.43 bits per heavy atom. The van der Waals surface area contributed by atoms with Gasteiger partial charge in [0.2, 0.25) is 0 Å². The maximum Gasteiger partial charge on any atom is 0.110 e. The largest absolute Gasteiger partial charge is 0.317 e. The van der Waals surface area contributed by atoms with Crippen LogP contribution in [0.25, 0.3) is 0 Å². The van der Waals surface area contributed by atoms with Crippen molar-refractivity contribution in [2.45, 2.75) is 32.9 Å². The number of rotatable bonds is 5. The maximum atomic E-state index is 12.8. The minimum absolute atomic E-state index is 0.598. The molecule has 1 heterocycles. The van der Waals surface area contributed by atoms with E-state index in [9.17, 15) is 4.39 Å². The van der Waals surface area contributed by atoms with Gasteiger partial charge in [0.25, 0.3) is 0 Å². The zero-order valence-electron chi connectivity index (χ0n) is 9.43. The van der Waals surface area contributed by atoms with Crippen molar-refractivity contribution in [2.75, 3.05) is 32.7 Å². The molecule has 1 N–H and O–H groups in total. The molecule has 14 heavy (non-hydrogen) atoms. The van der Waals surface area contributed by atoms with Gasteiger partial charge in [-0.25, -0.2) is 4.39 Å². The number of nitrogens with zero attached hydrogens (tertiary/aromatic N) is 1. The van der Waals surface area contributed by atoms with Crippen molar-refractivity contribution in [1.82, 2.24) is 10.2 Å². The summed E-state index contributed by atoms with van der Waals surface area (Å²) in [5.74, 6) is 0.773. The highest BCUT2D eigenvalue weighted by Crippen LogP contribution is 2.13. The van der Waals surface area contributed by atoms with Crippen LogP contribution in [0.4, 0.5) is 4.39 Å². The van der Waals surface area contributed by atoms with Crippen LogP contribution in [-0.4, -0.2) is 43.8 Å². The lowest BCUT2D eigenvalue weighted by Crippen LogP contribution is -2.38. The molecule has 1 saturated heterocycles. The van der Waals surface area contributed by atoms with E-state index in [0.717, 1.165) is 32.1 Å². The summed E-state index contributed by atoms with van der Waals surface area (Å²) in [5.41, 5.74) is 0. The SMILES string of the molecule is CCN(CC(C)F)CC1CCNCC1. The molecule has 1 atom stereocenters. The summed E-state index contributed by atoms with van der Waals surface area (Å²) < 4.78 is 12.8. The van der Waals surface area contributed by atoms with Gasteiger partial charge < -0.3 is 10.2 Å². The first-order valence-corrected chi connectivity index (χ1v) is 5.79. The molecule has 0 bridgehead atoms. The molecule has 0 aromatic carbocycles. The number of hydrogen-bond acceptors (Lipinski definition) is 2. The zero-order valence-corrected chi connectivity index (χ0v) is 9.43. The molecule has 1 unspecified atom stereocenters. The van der Waals surface area contributed by atoms with Crippen molar-refractivity contribution < 1.29 is 4.39 Å². The van der Waals surface area contributed by atoms with Crippen molar-refractivity contribution in [3.63, 3.8) is 0 Å². The molecule has 3 heteroatoms. The maximum absolute atomic E-state index is 12.8. The zero-order chi connectivity index (χ0) is 10.4. The van der Waals surface area contributed by atoms with Gasteiger partial charge in [0.15, 0.2) is 0 Å². The Morgan fingerprint density at radius 3 is 2.57 bits per heavy atom. The predicted molar refractivity (Wildman–Crippen MR) is 58.3 cm³/mol. The summed E-state index contributed by atoms with van der Waals surface area (Å²) >= 11 is 0. The van der Waals surface area contributed by atoms with Gasteiger partial charge in [0.05, 0.1) is 0 Å². The van der Waals surface area contributed by atoms with E-state index in [1.165, 1.54) is 12.8 Å². The molecule has 2 nitrogen and oxygen atoms in total. The molecule has 0 spiro atoms. The topological polar surface area (TPSA) is 15.3 Å². The van der Waals surface area contributed by atoms with Gasteiger partial charge in [-0.3, -0.25) is 0 Å². The molecule has 0 aromatic rings. The normalized spacial score (nSPS) is 21.4. The second-order valence-electron chi connectivity index (χ2n) is 4.33. The third-order valence-electron chi connectivity index (χ3n) is 2.93. The van der Waals surface area contributed by atoms with Gasteiger partial charge in [0, 0.05) is 13.1 Å². The fourth-order valence-corrected chi connectivity index (χ4v) is 2.12. The molecule has 0 saturated carbocycles. The first-order chi connectivity index (χ1) is 6.72. The van der Waals surface area contributed by atoms with Gasteiger partial charge >= 0.3 is 0 Å². The van der Waals surface area contributed by atoms with E-state index in [0.29, 0.717) is 6.54 Å². The van der Waals surface area contributed by atoms with Crippen LogP contribution >= 0.6 is 0 Å². The molecule has 1 fully saturated rings. The number of piperidine rings is 1. The first-order valence-electron chi connectivity index (χ1n) is 5.79. The fraction of sp³-hybridized carbons (Fsp3) is 1.00. The highest BCUT2D eigenvalue weighted by molar-refractivity contribution is 4.72. The van der Waals surface area contributed by atoms with Gasteiger partial charge in [-0.15, -0.1) is 0 Å². The molecular formula is C11H23FN2. The second kappa shape index (κ2) is 6.36. The highest BCUT2D eigenvalue weighted by Gasteiger charge is 2.17. The molecule has 0 aromatic heterocycles. The Balaban J connectivity index is 2.23. The number of nitrogens with one attached hydrogen (secondary N) is 1. The number of halogens is 1. The van der Waals surface area contributed by atoms with Crippen LogP contribution in [0.3, 0.4) is 0 Å². The van der Waals surface area contributed by atoms with Gasteiger partial charge in [-0.05, 0) is 45.3 Å². The monoisotopic (exact) mass is 202 g/mol. The summed E-state index contributed by atoms with van der Waals surface area (Å²) in [7, 11) is 0. The molecule has 1 aliphatic heterocycles. The lowest BCUT2D eigenvalue weighted by Gasteiger charge is -2.29. The van der Waals surface area contributed by atoms with Crippen molar-refractivity contribution >= 4 is 0 Å². The van der Waals surface area contributed by atoms with Crippen LogP contribution in [0.15, 0.2) is 0 Å². The molecule has 84 valence electrons. The van der Waals surface area contributed by atoms with E-state index in [1.54, 1.807) is 6.92 Å². The van der Waals surface area contributed by atoms with Crippen LogP contribution in [0.2, 0.25) is 0 Å². The Labute approximate surface area is 86.9 Å². The Bertz CT molecular complexity index is 144. The fourth-order valence-electron chi connectivity index (χ4n) is 2.12. The highest BCUT2D eigenvalue weighted by atomic mass is 19.1. The standard InChI is InChI=1S/C11H23FN2/c1-3-14(8-10(2)12)9-11-4-6-13-7-5-11/h10-11,13H,3-9H2,1-2H3. The predicted octanol–water partition coefficient (Wildman–Crippen LogP) is 1.67. The third kappa shape index (κ3) is 4.38. The third-order valence-corrected chi connectivity index (χ3v) is 2.93. The Kier molecular flexibility index (Phi) is 5.41. The summed E-state index contributed by atoms with van der Waals surface area (Å²) in [6.45, 7) is 8.67. The van der Waals surface area contributed by atoms with Crippen LogP contribution in [-0.2, 0) is 0 Å². The Morgan fingerprint density at radius 2 is 2.07 bits per heavy atom. The number of hydrogen-bond donors (Lipinski definition) is 1. The van der Waals surface area contributed by atoms with Crippen molar-refractivity contribution in [1.29, 1.82) is 0 Å². The Hall–Kier alpha value is -0.150. The van der Waals surface area contributed by atoms with Crippen LogP contribution in [0.5, 0.6) is 0 Å². The van der Waals surface area contributed by atoms with E-state index >= 15 is 0 Å². The summed E-state index contributed by atoms with van der Waals surface area (Å²) in [5, 5.41) is 3.35.